The Labute approximate surface area is 390 Å². The van der Waals surface area contributed by atoms with E-state index in [1.54, 1.807) is 31.3 Å². The quantitative estimate of drug-likeness (QED) is 0.0837. The van der Waals surface area contributed by atoms with Crippen LogP contribution in [-0.4, -0.2) is 89.7 Å². The molecule has 14 nitrogen and oxygen atoms in total. The molecular formula is C49H58FN9O5S2. The second-order valence-corrected chi connectivity index (χ2v) is 21.4. The first-order valence-electron chi connectivity index (χ1n) is 22.8. The van der Waals surface area contributed by atoms with Crippen molar-refractivity contribution >= 4 is 56.4 Å². The summed E-state index contributed by atoms with van der Waals surface area (Å²) in [4.78, 5) is 56.3. The summed E-state index contributed by atoms with van der Waals surface area (Å²) in [5, 5.41) is 14.1. The van der Waals surface area contributed by atoms with E-state index in [-0.39, 0.29) is 46.6 Å². The number of primary sulfonamides is 1. The summed E-state index contributed by atoms with van der Waals surface area (Å²) >= 11 is 1.41. The Morgan fingerprint density at radius 3 is 2.29 bits per heavy atom. The Morgan fingerprint density at radius 1 is 0.909 bits per heavy atom. The molecule has 17 heteroatoms. The molecule has 5 aromatic rings. The van der Waals surface area contributed by atoms with Crippen LogP contribution in [0.4, 0.5) is 21.7 Å². The summed E-state index contributed by atoms with van der Waals surface area (Å²) in [6.45, 7) is 11.3. The highest BCUT2D eigenvalue weighted by Gasteiger charge is 2.32. The fourth-order valence-electron chi connectivity index (χ4n) is 9.21. The third kappa shape index (κ3) is 10.8. The molecule has 0 bridgehead atoms. The number of aromatic nitrogens is 3. The standard InChI is InChI=1S/C49H58FN9O5S2/c1-5-40(66(51,63)64)36-10-7-11-37(43(36)50)44-45(65-47(57-44)49(2,3)4)38-18-23-52-48(55-38)54-35-9-6-8-33(28-35)32-21-26-59(27-22-32)42(61)29-58-24-19-31(20-25-58)30-12-14-34(15-13-30)53-39-16-17-41(60)56-46(39)62/h6-15,18,23,28,31-32,39-40,53H,5,16-17,19-22,24-27,29H2,1-4H3,(H2,51,63,64)(H,52,54,55)(H,56,60,62). The number of hydrogen-bond donors (Lipinski definition) is 4. The molecule has 0 aliphatic carbocycles. The van der Waals surface area contributed by atoms with Crippen LogP contribution in [0.2, 0.25) is 0 Å². The predicted molar refractivity (Wildman–Crippen MR) is 256 cm³/mol. The van der Waals surface area contributed by atoms with E-state index in [2.05, 4.69) is 50.1 Å². The lowest BCUT2D eigenvalue weighted by atomic mass is 9.88. The van der Waals surface area contributed by atoms with Gasteiger partial charge in [-0.05, 0) is 111 Å². The minimum absolute atomic E-state index is 0.00740. The van der Waals surface area contributed by atoms with Gasteiger partial charge in [0.05, 0.1) is 27.8 Å². The van der Waals surface area contributed by atoms with Crippen molar-refractivity contribution in [3.8, 4) is 21.8 Å². The summed E-state index contributed by atoms with van der Waals surface area (Å²) in [5.41, 5.74) is 4.85. The molecule has 3 aliphatic rings. The van der Waals surface area contributed by atoms with Crippen molar-refractivity contribution in [3.05, 3.63) is 107 Å². The van der Waals surface area contributed by atoms with Crippen LogP contribution in [0, 0.1) is 5.82 Å². The number of likely N-dealkylation sites (tertiary alicyclic amines) is 2. The zero-order chi connectivity index (χ0) is 46.8. The van der Waals surface area contributed by atoms with Gasteiger partial charge >= 0.3 is 0 Å². The number of carbonyl (C=O) groups is 3. The van der Waals surface area contributed by atoms with Crippen LogP contribution in [-0.2, 0) is 29.8 Å². The number of imide groups is 1. The molecule has 3 amide bonds. The highest BCUT2D eigenvalue weighted by Crippen LogP contribution is 2.43. The lowest BCUT2D eigenvalue weighted by Crippen LogP contribution is -2.47. The van der Waals surface area contributed by atoms with Gasteiger partial charge in [-0.1, -0.05) is 64.1 Å². The van der Waals surface area contributed by atoms with E-state index in [9.17, 15) is 22.8 Å². The largest absolute Gasteiger partial charge is 0.374 e. The van der Waals surface area contributed by atoms with Gasteiger partial charge in [0.1, 0.15) is 17.1 Å². The lowest BCUT2D eigenvalue weighted by Gasteiger charge is -2.36. The number of rotatable bonds is 13. The number of hydrogen-bond acceptors (Lipinski definition) is 12. The van der Waals surface area contributed by atoms with Crippen molar-refractivity contribution < 1.29 is 27.2 Å². The van der Waals surface area contributed by atoms with Crippen LogP contribution in [0.15, 0.2) is 79.0 Å². The molecule has 5 heterocycles. The summed E-state index contributed by atoms with van der Waals surface area (Å²) in [5.74, 6) is 0.0401. The van der Waals surface area contributed by atoms with Crippen LogP contribution in [0.5, 0.6) is 0 Å². The zero-order valence-electron chi connectivity index (χ0n) is 37.8. The number of carbonyl (C=O) groups excluding carboxylic acids is 3. The monoisotopic (exact) mass is 935 g/mol. The minimum atomic E-state index is -4.06. The summed E-state index contributed by atoms with van der Waals surface area (Å²) in [6, 6.07) is 22.5. The highest BCUT2D eigenvalue weighted by atomic mass is 32.2. The van der Waals surface area contributed by atoms with E-state index in [0.29, 0.717) is 60.6 Å². The van der Waals surface area contributed by atoms with Gasteiger partial charge in [-0.3, -0.25) is 24.6 Å². The first-order valence-corrected chi connectivity index (χ1v) is 25.2. The van der Waals surface area contributed by atoms with Crippen molar-refractivity contribution in [2.45, 2.75) is 101 Å². The van der Waals surface area contributed by atoms with Crippen LogP contribution >= 0.6 is 11.3 Å². The lowest BCUT2D eigenvalue weighted by molar-refractivity contribution is -0.134. The fraction of sp³-hybridized carbons (Fsp3) is 0.429. The number of nitrogens with two attached hydrogens (primary N) is 1. The Kier molecular flexibility index (Phi) is 14.0. The molecule has 2 unspecified atom stereocenters. The van der Waals surface area contributed by atoms with Crippen molar-refractivity contribution in [2.75, 3.05) is 43.4 Å². The molecule has 2 aromatic heterocycles. The molecule has 0 saturated carbocycles. The number of halogens is 1. The topological polar surface area (TPSA) is 193 Å². The van der Waals surface area contributed by atoms with Crippen molar-refractivity contribution in [2.24, 2.45) is 5.14 Å². The molecule has 3 aliphatic heterocycles. The molecule has 3 saturated heterocycles. The zero-order valence-corrected chi connectivity index (χ0v) is 39.5. The number of amides is 3. The molecule has 2 atom stereocenters. The smallest absolute Gasteiger partial charge is 0.249 e. The number of thiazole rings is 1. The van der Waals surface area contributed by atoms with Gasteiger partial charge in [-0.15, -0.1) is 11.3 Å². The molecular weight excluding hydrogens is 878 g/mol. The van der Waals surface area contributed by atoms with E-state index in [1.807, 2.05) is 49.9 Å². The van der Waals surface area contributed by atoms with Crippen molar-refractivity contribution in [1.82, 2.24) is 30.1 Å². The SMILES string of the molecule is CCC(c1cccc(-c2nc(C(C)(C)C)sc2-c2ccnc(Nc3cccc(C4CCN(C(=O)CN5CCC(c6ccc(NC7CCC(=O)NC7=O)cc6)CC5)CC4)c3)n2)c1F)S(N)(=O)=O. The summed E-state index contributed by atoms with van der Waals surface area (Å²) in [7, 11) is -4.06. The number of benzene rings is 3. The Hall–Kier alpha value is -5.62. The van der Waals surface area contributed by atoms with E-state index in [4.69, 9.17) is 15.1 Å². The summed E-state index contributed by atoms with van der Waals surface area (Å²) in [6.07, 6.45) is 6.24. The second kappa shape index (κ2) is 19.7. The van der Waals surface area contributed by atoms with E-state index < -0.39 is 27.1 Å². The van der Waals surface area contributed by atoms with Gasteiger partial charge in [0.2, 0.25) is 33.7 Å². The van der Waals surface area contributed by atoms with Crippen LogP contribution in [0.3, 0.4) is 0 Å². The normalized spacial score (nSPS) is 18.5. The molecule has 348 valence electrons. The first-order chi connectivity index (χ1) is 31.5. The minimum Gasteiger partial charge on any atom is -0.374 e. The second-order valence-electron chi connectivity index (χ2n) is 18.6. The van der Waals surface area contributed by atoms with Gasteiger partial charge in [-0.2, -0.15) is 0 Å². The molecule has 8 rings (SSSR count). The Morgan fingerprint density at radius 2 is 1.61 bits per heavy atom. The number of sulfonamides is 1. The Balaban J connectivity index is 0.863. The number of nitrogens with zero attached hydrogens (tertiary/aromatic N) is 5. The molecule has 0 spiro atoms. The Bertz CT molecular complexity index is 2690. The van der Waals surface area contributed by atoms with Crippen LogP contribution in [0.25, 0.3) is 21.8 Å². The van der Waals surface area contributed by atoms with Crippen LogP contribution < -0.4 is 21.1 Å². The maximum absolute atomic E-state index is 16.3. The number of piperidine rings is 3. The number of nitrogens with one attached hydrogen (secondary N) is 3. The highest BCUT2D eigenvalue weighted by molar-refractivity contribution is 7.89. The molecule has 0 radical (unpaired) electrons. The van der Waals surface area contributed by atoms with Gasteiger partial charge in [0.25, 0.3) is 0 Å². The van der Waals surface area contributed by atoms with E-state index >= 15 is 4.39 Å². The van der Waals surface area contributed by atoms with Gasteiger partial charge in [-0.25, -0.2) is 32.9 Å². The van der Waals surface area contributed by atoms with Crippen LogP contribution in [0.1, 0.15) is 111 Å². The summed E-state index contributed by atoms with van der Waals surface area (Å²) < 4.78 is 41.2. The average molecular weight is 936 g/mol. The molecule has 3 aromatic carbocycles. The van der Waals surface area contributed by atoms with Crippen molar-refractivity contribution in [3.63, 3.8) is 0 Å². The first kappa shape index (κ1) is 46.9. The number of anilines is 3. The fourth-order valence-corrected chi connectivity index (χ4v) is 11.3. The molecule has 5 N–H and O–H groups in total. The average Bonchev–Trinajstić information content (AvgIpc) is 3.75. The maximum Gasteiger partial charge on any atom is 0.249 e. The van der Waals surface area contributed by atoms with E-state index in [1.165, 1.54) is 28.5 Å². The third-order valence-corrected chi connectivity index (χ3v) is 15.8. The molecule has 3 fully saturated rings. The van der Waals surface area contributed by atoms with E-state index in [0.717, 1.165) is 55.2 Å². The van der Waals surface area contributed by atoms with Crippen molar-refractivity contribution in [1.29, 1.82) is 0 Å². The predicted octanol–water partition coefficient (Wildman–Crippen LogP) is 7.99. The molecule has 66 heavy (non-hydrogen) atoms. The van der Waals surface area contributed by atoms with Gasteiger partial charge in [0.15, 0.2) is 0 Å². The van der Waals surface area contributed by atoms with Gasteiger partial charge < -0.3 is 15.5 Å². The third-order valence-electron chi connectivity index (χ3n) is 12.9. The maximum atomic E-state index is 16.3. The van der Waals surface area contributed by atoms with Gasteiger partial charge in [0, 0.05) is 53.6 Å².